The second kappa shape index (κ2) is 7.67. The number of pyridine rings is 1. The van der Waals surface area contributed by atoms with Crippen LogP contribution in [0.15, 0.2) is 36.4 Å². The van der Waals surface area contributed by atoms with Gasteiger partial charge in [-0.25, -0.2) is 4.39 Å². The SMILES string of the molecule is CC(NC(=O)c1ccc(F)cc1)c1ccc2c(n1)CCCN2C(=O)C1COC1. The molecule has 0 spiro atoms. The van der Waals surface area contributed by atoms with Crippen molar-refractivity contribution in [3.05, 3.63) is 59.2 Å². The zero-order valence-corrected chi connectivity index (χ0v) is 15.7. The number of rotatable bonds is 4. The van der Waals surface area contributed by atoms with Crippen LogP contribution in [-0.4, -0.2) is 36.6 Å². The summed E-state index contributed by atoms with van der Waals surface area (Å²) in [6.07, 6.45) is 1.66. The number of nitrogens with one attached hydrogen (secondary N) is 1. The van der Waals surface area contributed by atoms with Gasteiger partial charge in [0, 0.05) is 12.1 Å². The van der Waals surface area contributed by atoms with Crippen LogP contribution < -0.4 is 10.2 Å². The first-order valence-electron chi connectivity index (χ1n) is 9.48. The van der Waals surface area contributed by atoms with Crippen LogP contribution >= 0.6 is 0 Å². The molecule has 3 heterocycles. The summed E-state index contributed by atoms with van der Waals surface area (Å²) in [6, 6.07) is 8.86. The number of hydrogen-bond donors (Lipinski definition) is 1. The second-order valence-electron chi connectivity index (χ2n) is 7.23. The fourth-order valence-corrected chi connectivity index (χ4v) is 3.49. The Morgan fingerprint density at radius 1 is 1.21 bits per heavy atom. The van der Waals surface area contributed by atoms with Crippen LogP contribution in [0.1, 0.15) is 41.1 Å². The van der Waals surface area contributed by atoms with Crippen molar-refractivity contribution < 1.29 is 18.7 Å². The van der Waals surface area contributed by atoms with Gasteiger partial charge in [-0.1, -0.05) is 0 Å². The first-order valence-corrected chi connectivity index (χ1v) is 9.48. The van der Waals surface area contributed by atoms with Gasteiger partial charge in [-0.15, -0.1) is 0 Å². The molecule has 1 fully saturated rings. The fourth-order valence-electron chi connectivity index (χ4n) is 3.49. The lowest BCUT2D eigenvalue weighted by Crippen LogP contribution is -2.47. The number of halogens is 1. The van der Waals surface area contributed by atoms with Gasteiger partial charge in [0.1, 0.15) is 5.82 Å². The molecule has 0 aliphatic carbocycles. The normalized spacial score (nSPS) is 17.4. The predicted octanol–water partition coefficient (Wildman–Crippen LogP) is 2.64. The van der Waals surface area contributed by atoms with E-state index in [1.54, 1.807) is 0 Å². The van der Waals surface area contributed by atoms with Gasteiger partial charge in [-0.3, -0.25) is 14.6 Å². The number of carbonyl (C=O) groups excluding carboxylic acids is 2. The van der Waals surface area contributed by atoms with Crippen LogP contribution in [0.25, 0.3) is 0 Å². The molecule has 6 nitrogen and oxygen atoms in total. The Kier molecular flexibility index (Phi) is 5.09. The first-order chi connectivity index (χ1) is 13.5. The molecule has 1 N–H and O–H groups in total. The number of amides is 2. The number of aromatic nitrogens is 1. The number of hydrogen-bond acceptors (Lipinski definition) is 4. The fraction of sp³-hybridized carbons (Fsp3) is 0.381. The third-order valence-corrected chi connectivity index (χ3v) is 5.21. The van der Waals surface area contributed by atoms with E-state index >= 15 is 0 Å². The summed E-state index contributed by atoms with van der Waals surface area (Å²) < 4.78 is 18.2. The monoisotopic (exact) mass is 383 g/mol. The van der Waals surface area contributed by atoms with E-state index in [0.29, 0.717) is 25.3 Å². The standard InChI is InChI=1S/C21H22FN3O3/c1-13(23-20(26)14-4-6-16(22)7-5-14)17-8-9-19-18(24-17)3-2-10-25(19)21(27)15-11-28-12-15/h4-9,13,15H,2-3,10-12H2,1H3,(H,23,26). The molecular formula is C21H22FN3O3. The number of aryl methyl sites for hydroxylation is 1. The van der Waals surface area contributed by atoms with E-state index in [1.807, 2.05) is 24.0 Å². The van der Waals surface area contributed by atoms with E-state index in [1.165, 1.54) is 24.3 Å². The van der Waals surface area contributed by atoms with E-state index in [2.05, 4.69) is 5.32 Å². The Balaban J connectivity index is 1.49. The highest BCUT2D eigenvalue weighted by Gasteiger charge is 2.33. The van der Waals surface area contributed by atoms with Gasteiger partial charge in [0.25, 0.3) is 5.91 Å². The Morgan fingerprint density at radius 3 is 2.64 bits per heavy atom. The third kappa shape index (κ3) is 3.62. The molecule has 4 rings (SSSR count). The molecule has 1 saturated heterocycles. The number of benzene rings is 1. The minimum absolute atomic E-state index is 0.0560. The number of anilines is 1. The van der Waals surface area contributed by atoms with Gasteiger partial charge in [0.05, 0.1) is 42.2 Å². The highest BCUT2D eigenvalue weighted by molar-refractivity contribution is 5.96. The quantitative estimate of drug-likeness (QED) is 0.881. The second-order valence-corrected chi connectivity index (χ2v) is 7.23. The zero-order chi connectivity index (χ0) is 19.7. The molecule has 1 aromatic carbocycles. The maximum absolute atomic E-state index is 13.0. The third-order valence-electron chi connectivity index (χ3n) is 5.21. The van der Waals surface area contributed by atoms with Crippen LogP contribution in [0.2, 0.25) is 0 Å². The van der Waals surface area contributed by atoms with E-state index in [4.69, 9.17) is 9.72 Å². The van der Waals surface area contributed by atoms with E-state index in [-0.39, 0.29) is 29.6 Å². The van der Waals surface area contributed by atoms with E-state index < -0.39 is 0 Å². The molecule has 2 amide bonds. The smallest absolute Gasteiger partial charge is 0.251 e. The Hall–Kier alpha value is -2.80. The lowest BCUT2D eigenvalue weighted by Gasteiger charge is -2.35. The van der Waals surface area contributed by atoms with Gasteiger partial charge in [-0.2, -0.15) is 0 Å². The molecule has 7 heteroatoms. The highest BCUT2D eigenvalue weighted by Crippen LogP contribution is 2.29. The Bertz CT molecular complexity index is 896. The molecule has 2 aromatic rings. The van der Waals surface area contributed by atoms with Crippen LogP contribution in [0, 0.1) is 11.7 Å². The molecule has 28 heavy (non-hydrogen) atoms. The molecule has 0 saturated carbocycles. The molecule has 1 unspecified atom stereocenters. The van der Waals surface area contributed by atoms with Crippen molar-refractivity contribution >= 4 is 17.5 Å². The van der Waals surface area contributed by atoms with Crippen molar-refractivity contribution in [1.29, 1.82) is 0 Å². The molecule has 1 atom stereocenters. The zero-order valence-electron chi connectivity index (χ0n) is 15.7. The van der Waals surface area contributed by atoms with Gasteiger partial charge in [-0.05, 0) is 56.2 Å². The van der Waals surface area contributed by atoms with Crippen LogP contribution in [0.4, 0.5) is 10.1 Å². The van der Waals surface area contributed by atoms with Gasteiger partial charge >= 0.3 is 0 Å². The van der Waals surface area contributed by atoms with E-state index in [9.17, 15) is 14.0 Å². The number of ether oxygens (including phenoxy) is 1. The average molecular weight is 383 g/mol. The van der Waals surface area contributed by atoms with Crippen LogP contribution in [-0.2, 0) is 16.0 Å². The topological polar surface area (TPSA) is 71.5 Å². The minimum atomic E-state index is -0.381. The summed E-state index contributed by atoms with van der Waals surface area (Å²) in [5, 5.41) is 2.89. The largest absolute Gasteiger partial charge is 0.380 e. The van der Waals surface area contributed by atoms with Crippen molar-refractivity contribution in [3.8, 4) is 0 Å². The van der Waals surface area contributed by atoms with Crippen LogP contribution in [0.3, 0.4) is 0 Å². The molecule has 2 aliphatic rings. The van der Waals surface area contributed by atoms with Crippen LogP contribution in [0.5, 0.6) is 0 Å². The van der Waals surface area contributed by atoms with Gasteiger partial charge < -0.3 is 15.0 Å². The molecule has 0 bridgehead atoms. The van der Waals surface area contributed by atoms with E-state index in [0.717, 1.165) is 29.9 Å². The van der Waals surface area contributed by atoms with Crippen molar-refractivity contribution in [2.24, 2.45) is 5.92 Å². The summed E-state index contributed by atoms with van der Waals surface area (Å²) in [7, 11) is 0. The summed E-state index contributed by atoms with van der Waals surface area (Å²) in [6.45, 7) is 3.53. The predicted molar refractivity (Wildman–Crippen MR) is 102 cm³/mol. The molecule has 1 aromatic heterocycles. The Labute approximate surface area is 162 Å². The maximum atomic E-state index is 13.0. The van der Waals surface area contributed by atoms with Crippen molar-refractivity contribution in [1.82, 2.24) is 10.3 Å². The highest BCUT2D eigenvalue weighted by atomic mass is 19.1. The molecule has 0 radical (unpaired) electrons. The Morgan fingerprint density at radius 2 is 1.96 bits per heavy atom. The lowest BCUT2D eigenvalue weighted by atomic mass is 10.0. The molecule has 146 valence electrons. The molecular weight excluding hydrogens is 361 g/mol. The van der Waals surface area contributed by atoms with Crippen molar-refractivity contribution in [2.75, 3.05) is 24.7 Å². The number of carbonyl (C=O) groups is 2. The number of fused-ring (bicyclic) bond motifs is 1. The maximum Gasteiger partial charge on any atom is 0.251 e. The summed E-state index contributed by atoms with van der Waals surface area (Å²) in [5.41, 5.74) is 2.85. The van der Waals surface area contributed by atoms with Gasteiger partial charge in [0.2, 0.25) is 5.91 Å². The minimum Gasteiger partial charge on any atom is -0.380 e. The summed E-state index contributed by atoms with van der Waals surface area (Å²) in [5.74, 6) is -0.624. The average Bonchev–Trinajstić information content (AvgIpc) is 2.66. The van der Waals surface area contributed by atoms with Crippen molar-refractivity contribution in [3.63, 3.8) is 0 Å². The lowest BCUT2D eigenvalue weighted by molar-refractivity contribution is -0.136. The van der Waals surface area contributed by atoms with Crippen molar-refractivity contribution in [2.45, 2.75) is 25.8 Å². The summed E-state index contributed by atoms with van der Waals surface area (Å²) in [4.78, 5) is 31.5. The molecule has 2 aliphatic heterocycles. The first kappa shape index (κ1) is 18.6. The van der Waals surface area contributed by atoms with Gasteiger partial charge in [0.15, 0.2) is 0 Å². The summed E-state index contributed by atoms with van der Waals surface area (Å²) >= 11 is 0. The number of nitrogens with zero attached hydrogens (tertiary/aromatic N) is 2.